The van der Waals surface area contributed by atoms with Gasteiger partial charge >= 0.3 is 0 Å². The molecule has 0 aliphatic heterocycles. The topological polar surface area (TPSA) is 94.6 Å². The van der Waals surface area contributed by atoms with E-state index in [1.165, 1.54) is 18.3 Å². The monoisotopic (exact) mass is 516 g/mol. The van der Waals surface area contributed by atoms with Gasteiger partial charge in [-0.2, -0.15) is 0 Å². The van der Waals surface area contributed by atoms with Crippen LogP contribution in [0.15, 0.2) is 66.9 Å². The van der Waals surface area contributed by atoms with E-state index in [-0.39, 0.29) is 25.1 Å². The Labute approximate surface area is 213 Å². The Morgan fingerprint density at radius 2 is 1.72 bits per heavy atom. The van der Waals surface area contributed by atoms with Crippen LogP contribution in [0.4, 0.5) is 14.6 Å². The summed E-state index contributed by atoms with van der Waals surface area (Å²) in [7, 11) is 1.60. The molecular weight excluding hydrogens is 490 g/mol. The van der Waals surface area contributed by atoms with Gasteiger partial charge in [-0.1, -0.05) is 41.9 Å². The van der Waals surface area contributed by atoms with Crippen LogP contribution in [0.25, 0.3) is 0 Å². The van der Waals surface area contributed by atoms with Crippen molar-refractivity contribution in [2.75, 3.05) is 18.9 Å². The summed E-state index contributed by atoms with van der Waals surface area (Å²) in [6.45, 7) is -0.808. The molecule has 2 amide bonds. The summed E-state index contributed by atoms with van der Waals surface area (Å²) in [5.74, 6) is -0.846. The van der Waals surface area contributed by atoms with Gasteiger partial charge in [-0.05, 0) is 47.9 Å². The molecule has 2 aromatic carbocycles. The van der Waals surface area contributed by atoms with E-state index in [4.69, 9.17) is 11.6 Å². The van der Waals surface area contributed by atoms with Crippen LogP contribution in [-0.4, -0.2) is 46.8 Å². The first-order valence-corrected chi connectivity index (χ1v) is 11.7. The number of aromatic nitrogens is 1. The van der Waals surface area contributed by atoms with Crippen molar-refractivity contribution in [3.8, 4) is 5.75 Å². The molecule has 36 heavy (non-hydrogen) atoms. The Hall–Kier alpha value is -3.72. The smallest absolute Gasteiger partial charge is 0.255 e. The van der Waals surface area contributed by atoms with Gasteiger partial charge in [-0.3, -0.25) is 9.59 Å². The van der Waals surface area contributed by atoms with Crippen LogP contribution in [0.5, 0.6) is 5.75 Å². The van der Waals surface area contributed by atoms with Crippen molar-refractivity contribution < 1.29 is 23.5 Å². The minimum Gasteiger partial charge on any atom is -0.508 e. The van der Waals surface area contributed by atoms with Gasteiger partial charge in [-0.25, -0.2) is 13.8 Å². The molecule has 0 fully saturated rings. The number of pyridine rings is 1. The molecule has 1 unspecified atom stereocenters. The number of aryl methyl sites for hydroxylation is 1. The first kappa shape index (κ1) is 26.9. The van der Waals surface area contributed by atoms with Gasteiger partial charge in [0.1, 0.15) is 17.6 Å². The minimum absolute atomic E-state index is 0.0815. The molecule has 0 aliphatic rings. The number of nitrogens with one attached hydrogen (secondary N) is 2. The number of aromatic hydroxyl groups is 1. The molecule has 3 N–H and O–H groups in total. The number of carbonyl (C=O) groups excluding carboxylic acids is 2. The fourth-order valence-corrected chi connectivity index (χ4v) is 3.87. The first-order valence-electron chi connectivity index (χ1n) is 11.3. The zero-order valence-corrected chi connectivity index (χ0v) is 20.4. The first-order chi connectivity index (χ1) is 17.3. The minimum atomic E-state index is -2.86. The van der Waals surface area contributed by atoms with E-state index in [0.29, 0.717) is 16.4 Å². The second-order valence-electron chi connectivity index (χ2n) is 8.04. The number of phenols is 1. The maximum atomic E-state index is 13.7. The lowest BCUT2D eigenvalue weighted by molar-refractivity contribution is -0.143. The highest BCUT2D eigenvalue weighted by Gasteiger charge is 2.34. The summed E-state index contributed by atoms with van der Waals surface area (Å²) >= 11 is 5.92. The molecule has 0 saturated heterocycles. The Bertz CT molecular complexity index is 1160. The maximum Gasteiger partial charge on any atom is 0.255 e. The van der Waals surface area contributed by atoms with Crippen LogP contribution in [0.1, 0.15) is 29.2 Å². The molecule has 3 aromatic rings. The molecule has 1 heterocycles. The number of hydrogen-bond donors (Lipinski definition) is 3. The molecule has 190 valence electrons. The SMILES string of the molecule is CNc1ncccc1C(C(=O)NCc1ccc(Cl)cc1)N(CC(F)F)C(=O)CCc1ccc(O)cc1. The maximum absolute atomic E-state index is 13.7. The third kappa shape index (κ3) is 7.39. The summed E-state index contributed by atoms with van der Waals surface area (Å²) in [6.07, 6.45) is -1.21. The lowest BCUT2D eigenvalue weighted by atomic mass is 10.0. The largest absolute Gasteiger partial charge is 0.508 e. The highest BCUT2D eigenvalue weighted by atomic mass is 35.5. The van der Waals surface area contributed by atoms with Crippen molar-refractivity contribution >= 4 is 29.2 Å². The molecule has 0 radical (unpaired) electrons. The Morgan fingerprint density at radius 3 is 2.36 bits per heavy atom. The van der Waals surface area contributed by atoms with Crippen LogP contribution in [0, 0.1) is 0 Å². The van der Waals surface area contributed by atoms with E-state index in [1.54, 1.807) is 55.6 Å². The average molecular weight is 517 g/mol. The molecule has 0 saturated carbocycles. The molecule has 0 spiro atoms. The quantitative estimate of drug-likeness (QED) is 0.347. The van der Waals surface area contributed by atoms with Crippen molar-refractivity contribution in [2.45, 2.75) is 31.9 Å². The van der Waals surface area contributed by atoms with Gasteiger partial charge in [0, 0.05) is 36.8 Å². The fourth-order valence-electron chi connectivity index (χ4n) is 3.74. The number of hydrogen-bond acceptors (Lipinski definition) is 5. The molecule has 10 heteroatoms. The van der Waals surface area contributed by atoms with E-state index in [1.807, 2.05) is 0 Å². The molecule has 1 aromatic heterocycles. The number of amides is 2. The number of nitrogens with zero attached hydrogens (tertiary/aromatic N) is 2. The summed E-state index contributed by atoms with van der Waals surface area (Å²) < 4.78 is 27.3. The van der Waals surface area contributed by atoms with Gasteiger partial charge in [0.2, 0.25) is 11.8 Å². The third-order valence-electron chi connectivity index (χ3n) is 5.53. The van der Waals surface area contributed by atoms with Crippen LogP contribution in [-0.2, 0) is 22.6 Å². The summed E-state index contributed by atoms with van der Waals surface area (Å²) in [6, 6.07) is 14.9. The molecule has 0 bridgehead atoms. The van der Waals surface area contributed by atoms with Crippen LogP contribution in [0.3, 0.4) is 0 Å². The zero-order chi connectivity index (χ0) is 26.1. The van der Waals surface area contributed by atoms with Crippen LogP contribution >= 0.6 is 11.6 Å². The van der Waals surface area contributed by atoms with Gasteiger partial charge in [0.25, 0.3) is 6.43 Å². The van der Waals surface area contributed by atoms with Gasteiger partial charge < -0.3 is 20.6 Å². The summed E-state index contributed by atoms with van der Waals surface area (Å²) in [4.78, 5) is 31.8. The van der Waals surface area contributed by atoms with Gasteiger partial charge in [0.15, 0.2) is 0 Å². The van der Waals surface area contributed by atoms with Crippen LogP contribution < -0.4 is 10.6 Å². The number of alkyl halides is 2. The Balaban J connectivity index is 1.89. The number of benzene rings is 2. The van der Waals surface area contributed by atoms with Gasteiger partial charge in [0.05, 0.1) is 6.54 Å². The standard InChI is InChI=1S/C26H27ClF2N4O3/c1-30-25-21(3-2-14-31-25)24(26(36)32-15-18-4-9-19(27)10-5-18)33(16-22(28)29)23(35)13-8-17-6-11-20(34)12-7-17/h2-7,9-12,14,22,24,34H,8,13,15-16H2,1H3,(H,30,31)(H,32,36). The van der Waals surface area contributed by atoms with Crippen molar-refractivity contribution in [3.63, 3.8) is 0 Å². The van der Waals surface area contributed by atoms with Gasteiger partial charge in [-0.15, -0.1) is 0 Å². The Kier molecular flexibility index (Phi) is 9.58. The lowest BCUT2D eigenvalue weighted by Crippen LogP contribution is -2.46. The molecule has 3 rings (SSSR count). The third-order valence-corrected chi connectivity index (χ3v) is 5.78. The predicted molar refractivity (Wildman–Crippen MR) is 134 cm³/mol. The highest BCUT2D eigenvalue weighted by Crippen LogP contribution is 2.28. The normalized spacial score (nSPS) is 11.7. The average Bonchev–Trinajstić information content (AvgIpc) is 2.87. The zero-order valence-electron chi connectivity index (χ0n) is 19.6. The predicted octanol–water partition coefficient (Wildman–Crippen LogP) is 4.57. The molecule has 7 nitrogen and oxygen atoms in total. The number of phenolic OH excluding ortho intramolecular Hbond substituents is 1. The molecule has 1 atom stereocenters. The summed E-state index contributed by atoms with van der Waals surface area (Å²) in [5.41, 5.74) is 1.80. The lowest BCUT2D eigenvalue weighted by Gasteiger charge is -2.32. The van der Waals surface area contributed by atoms with E-state index < -0.39 is 30.8 Å². The fraction of sp³-hybridized carbons (Fsp3) is 0.269. The number of rotatable bonds is 11. The highest BCUT2D eigenvalue weighted by molar-refractivity contribution is 6.30. The van der Waals surface area contributed by atoms with E-state index in [9.17, 15) is 23.5 Å². The number of halogens is 3. The van der Waals surface area contributed by atoms with Crippen molar-refractivity contribution in [2.24, 2.45) is 0 Å². The second-order valence-corrected chi connectivity index (χ2v) is 8.48. The second kappa shape index (κ2) is 12.8. The van der Waals surface area contributed by atoms with E-state index in [0.717, 1.165) is 16.0 Å². The van der Waals surface area contributed by atoms with Crippen molar-refractivity contribution in [3.05, 3.63) is 88.6 Å². The Morgan fingerprint density at radius 1 is 1.06 bits per heavy atom. The molecule has 0 aliphatic carbocycles. The molecular formula is C26H27ClF2N4O3. The number of anilines is 1. The van der Waals surface area contributed by atoms with Crippen molar-refractivity contribution in [1.82, 2.24) is 15.2 Å². The summed E-state index contributed by atoms with van der Waals surface area (Å²) in [5, 5.41) is 15.6. The van der Waals surface area contributed by atoms with Crippen molar-refractivity contribution in [1.29, 1.82) is 0 Å². The number of carbonyl (C=O) groups is 2. The van der Waals surface area contributed by atoms with Crippen LogP contribution in [0.2, 0.25) is 5.02 Å². The van der Waals surface area contributed by atoms with E-state index >= 15 is 0 Å². The van der Waals surface area contributed by atoms with E-state index in [2.05, 4.69) is 15.6 Å².